The number of carbonyl (C=O) groups excluding carboxylic acids is 1. The van der Waals surface area contributed by atoms with Crippen molar-refractivity contribution < 1.29 is 14.6 Å². The van der Waals surface area contributed by atoms with Gasteiger partial charge in [0.25, 0.3) is 0 Å². The van der Waals surface area contributed by atoms with Crippen LogP contribution >= 0.6 is 24.0 Å². The molecule has 0 radical (unpaired) electrons. The molecule has 0 bridgehead atoms. The number of likely N-dealkylation sites (N-methyl/N-ethyl adjacent to an activating group) is 1. The molecule has 170 valence electrons. The van der Waals surface area contributed by atoms with E-state index in [-0.39, 0.29) is 31.1 Å². The maximum absolute atomic E-state index is 12.5. The number of halogens is 2. The lowest BCUT2D eigenvalue weighted by molar-refractivity contribution is 0.130. The van der Waals surface area contributed by atoms with E-state index in [0.717, 1.165) is 32.2 Å². The first-order valence-electron chi connectivity index (χ1n) is 10.5. The second-order valence-electron chi connectivity index (χ2n) is 8.14. The lowest BCUT2D eigenvalue weighted by Crippen LogP contribution is -2.40. The van der Waals surface area contributed by atoms with Crippen LogP contribution in [0.15, 0.2) is 48.5 Å². The highest BCUT2D eigenvalue weighted by Crippen LogP contribution is 2.35. The molecule has 2 aromatic carbocycles. The number of hydrogen-bond donors (Lipinski definition) is 1. The Hall–Kier alpha value is -1.79. The average molecular weight is 467 g/mol. The first-order chi connectivity index (χ1) is 14.5. The third kappa shape index (κ3) is 7.39. The van der Waals surface area contributed by atoms with Crippen molar-refractivity contribution in [2.75, 3.05) is 27.2 Å². The molecular weight excluding hydrogens is 435 g/mol. The van der Waals surface area contributed by atoms with E-state index in [4.69, 9.17) is 21.4 Å². The third-order valence-corrected chi connectivity index (χ3v) is 6.19. The van der Waals surface area contributed by atoms with Crippen LogP contribution in [0.25, 0.3) is 0 Å². The summed E-state index contributed by atoms with van der Waals surface area (Å²) in [5.74, 6) is 1.04. The number of nitrogens with zero attached hydrogens (tertiary/aromatic N) is 2. The van der Waals surface area contributed by atoms with Gasteiger partial charge in [0.15, 0.2) is 0 Å². The second-order valence-corrected chi connectivity index (χ2v) is 8.58. The summed E-state index contributed by atoms with van der Waals surface area (Å²) in [6, 6.07) is 15.9. The summed E-state index contributed by atoms with van der Waals surface area (Å²) in [5, 5.41) is 9.65. The monoisotopic (exact) mass is 466 g/mol. The molecule has 0 heterocycles. The van der Waals surface area contributed by atoms with Crippen LogP contribution in [0.3, 0.4) is 0 Å². The Morgan fingerprint density at radius 2 is 1.65 bits per heavy atom. The molecule has 1 N–H and O–H groups in total. The van der Waals surface area contributed by atoms with Crippen LogP contribution in [-0.4, -0.2) is 54.3 Å². The summed E-state index contributed by atoms with van der Waals surface area (Å²) < 4.78 is 5.47. The van der Waals surface area contributed by atoms with Gasteiger partial charge in [0.2, 0.25) is 0 Å². The smallest absolute Gasteiger partial charge is 0.410 e. The minimum absolute atomic E-state index is 0. The highest BCUT2D eigenvalue weighted by atomic mass is 35.5. The van der Waals surface area contributed by atoms with Crippen molar-refractivity contribution in [3.05, 3.63) is 64.7 Å². The van der Waals surface area contributed by atoms with Gasteiger partial charge < -0.3 is 14.7 Å². The number of aliphatic hydroxyl groups excluding tert-OH is 1. The van der Waals surface area contributed by atoms with Crippen molar-refractivity contribution in [3.8, 4) is 5.75 Å². The highest BCUT2D eigenvalue weighted by Gasteiger charge is 2.28. The number of rotatable bonds is 7. The SMILES string of the molecule is CN(CCO)Cc1ccc(C2CCC(N(C)C(=O)Oc3ccc(Cl)cc3)CC2)cc1.Cl. The Labute approximate surface area is 196 Å². The minimum atomic E-state index is -0.322. The zero-order valence-electron chi connectivity index (χ0n) is 18.2. The molecule has 2 aromatic rings. The van der Waals surface area contributed by atoms with E-state index >= 15 is 0 Å². The Bertz CT molecular complexity index is 807. The summed E-state index contributed by atoms with van der Waals surface area (Å²) in [7, 11) is 3.83. The number of ether oxygens (including phenoxy) is 1. The standard InChI is InChI=1S/C24H31ClN2O3.ClH/c1-26(15-16-28)17-18-3-5-19(6-4-18)20-7-11-22(12-8-20)27(2)24(29)30-23-13-9-21(25)10-14-23;/h3-6,9-10,13-14,20,22,28H,7-8,11-12,15-17H2,1-2H3;1H. The Morgan fingerprint density at radius 3 is 2.23 bits per heavy atom. The van der Waals surface area contributed by atoms with Gasteiger partial charge in [0.05, 0.1) is 6.61 Å². The van der Waals surface area contributed by atoms with Gasteiger partial charge in [-0.1, -0.05) is 35.9 Å². The lowest BCUT2D eigenvalue weighted by Gasteiger charge is -2.34. The molecule has 1 saturated carbocycles. The fourth-order valence-corrected chi connectivity index (χ4v) is 4.20. The zero-order chi connectivity index (χ0) is 21.5. The first kappa shape index (κ1) is 25.5. The Balaban J connectivity index is 0.00000341. The molecule has 0 saturated heterocycles. The van der Waals surface area contributed by atoms with E-state index in [9.17, 15) is 4.79 Å². The van der Waals surface area contributed by atoms with Crippen LogP contribution in [0, 0.1) is 0 Å². The minimum Gasteiger partial charge on any atom is -0.410 e. The molecule has 1 amide bonds. The van der Waals surface area contributed by atoms with Gasteiger partial charge in [-0.25, -0.2) is 4.79 Å². The van der Waals surface area contributed by atoms with E-state index in [0.29, 0.717) is 23.2 Å². The van der Waals surface area contributed by atoms with Crippen LogP contribution < -0.4 is 4.74 Å². The number of carbonyl (C=O) groups is 1. The van der Waals surface area contributed by atoms with Crippen molar-refractivity contribution >= 4 is 30.1 Å². The van der Waals surface area contributed by atoms with Crippen LogP contribution in [0.4, 0.5) is 4.79 Å². The summed E-state index contributed by atoms with van der Waals surface area (Å²) in [6.45, 7) is 1.70. The van der Waals surface area contributed by atoms with E-state index in [1.807, 2.05) is 14.1 Å². The molecule has 3 rings (SSSR count). The van der Waals surface area contributed by atoms with Gasteiger partial charge in [0.1, 0.15) is 5.75 Å². The Kier molecular flexibility index (Phi) is 10.1. The van der Waals surface area contributed by atoms with Gasteiger partial charge in [-0.15, -0.1) is 12.4 Å². The van der Waals surface area contributed by atoms with Gasteiger partial charge in [-0.05, 0) is 74.0 Å². The van der Waals surface area contributed by atoms with E-state index in [1.165, 1.54) is 11.1 Å². The lowest BCUT2D eigenvalue weighted by atomic mass is 9.81. The molecular formula is C24H32Cl2N2O3. The predicted octanol–water partition coefficient (Wildman–Crippen LogP) is 5.34. The zero-order valence-corrected chi connectivity index (χ0v) is 19.7. The highest BCUT2D eigenvalue weighted by molar-refractivity contribution is 6.30. The number of hydrogen-bond acceptors (Lipinski definition) is 4. The first-order valence-corrected chi connectivity index (χ1v) is 10.9. The van der Waals surface area contributed by atoms with Crippen molar-refractivity contribution in [2.45, 2.75) is 44.2 Å². The quantitative estimate of drug-likeness (QED) is 0.597. The molecule has 0 aliphatic heterocycles. The predicted molar refractivity (Wildman–Crippen MR) is 127 cm³/mol. The van der Waals surface area contributed by atoms with E-state index < -0.39 is 0 Å². The fourth-order valence-electron chi connectivity index (χ4n) is 4.08. The largest absolute Gasteiger partial charge is 0.415 e. The molecule has 1 aliphatic carbocycles. The topological polar surface area (TPSA) is 53.0 Å². The number of aliphatic hydroxyl groups is 1. The van der Waals surface area contributed by atoms with E-state index in [1.54, 1.807) is 29.2 Å². The van der Waals surface area contributed by atoms with Crippen molar-refractivity contribution in [1.82, 2.24) is 9.80 Å². The van der Waals surface area contributed by atoms with Crippen LogP contribution in [0.2, 0.25) is 5.02 Å². The molecule has 0 atom stereocenters. The van der Waals surface area contributed by atoms with Crippen molar-refractivity contribution in [2.24, 2.45) is 0 Å². The van der Waals surface area contributed by atoms with Gasteiger partial charge in [0, 0.05) is 31.2 Å². The summed E-state index contributed by atoms with van der Waals surface area (Å²) in [4.78, 5) is 16.3. The van der Waals surface area contributed by atoms with Crippen molar-refractivity contribution in [1.29, 1.82) is 0 Å². The average Bonchev–Trinajstić information content (AvgIpc) is 2.75. The maximum Gasteiger partial charge on any atom is 0.415 e. The van der Waals surface area contributed by atoms with Crippen LogP contribution in [0.1, 0.15) is 42.7 Å². The molecule has 0 aromatic heterocycles. The molecule has 7 heteroatoms. The van der Waals surface area contributed by atoms with Gasteiger partial charge in [-0.3, -0.25) is 4.90 Å². The number of benzene rings is 2. The third-order valence-electron chi connectivity index (χ3n) is 5.94. The van der Waals surface area contributed by atoms with Crippen LogP contribution in [-0.2, 0) is 6.54 Å². The number of amides is 1. The summed E-state index contributed by atoms with van der Waals surface area (Å²) >= 11 is 5.88. The summed E-state index contributed by atoms with van der Waals surface area (Å²) in [6.07, 6.45) is 3.74. The molecule has 5 nitrogen and oxygen atoms in total. The van der Waals surface area contributed by atoms with Gasteiger partial charge >= 0.3 is 6.09 Å². The molecule has 1 fully saturated rings. The Morgan fingerprint density at radius 1 is 1.03 bits per heavy atom. The van der Waals surface area contributed by atoms with E-state index in [2.05, 4.69) is 29.2 Å². The van der Waals surface area contributed by atoms with Gasteiger partial charge in [-0.2, -0.15) is 0 Å². The maximum atomic E-state index is 12.5. The molecule has 31 heavy (non-hydrogen) atoms. The molecule has 1 aliphatic rings. The fraction of sp³-hybridized carbons (Fsp3) is 0.458. The molecule has 0 spiro atoms. The molecule has 0 unspecified atom stereocenters. The van der Waals surface area contributed by atoms with Crippen LogP contribution in [0.5, 0.6) is 5.75 Å². The summed E-state index contributed by atoms with van der Waals surface area (Å²) in [5.41, 5.74) is 2.63. The normalized spacial score (nSPS) is 18.4. The second kappa shape index (κ2) is 12.3. The van der Waals surface area contributed by atoms with Crippen molar-refractivity contribution in [3.63, 3.8) is 0 Å².